The van der Waals surface area contributed by atoms with Crippen molar-refractivity contribution >= 4 is 22.9 Å². The molecular formula is C18H14ClFN2O2S. The molecule has 0 fully saturated rings. The van der Waals surface area contributed by atoms with Gasteiger partial charge in [0.25, 0.3) is 0 Å². The van der Waals surface area contributed by atoms with Gasteiger partial charge in [-0.3, -0.25) is 0 Å². The SMILES string of the molecule is Fc1cccc(Cl)c1-c1cnc(CNCc2ccc3c(c2)OCO3)s1. The zero-order valence-electron chi connectivity index (χ0n) is 13.1. The van der Waals surface area contributed by atoms with E-state index in [1.54, 1.807) is 18.3 Å². The van der Waals surface area contributed by atoms with E-state index in [4.69, 9.17) is 21.1 Å². The summed E-state index contributed by atoms with van der Waals surface area (Å²) in [5.74, 6) is 1.20. The third-order valence-corrected chi connectivity index (χ3v) is 5.13. The van der Waals surface area contributed by atoms with Crippen molar-refractivity contribution in [2.75, 3.05) is 6.79 Å². The van der Waals surface area contributed by atoms with E-state index in [0.29, 0.717) is 23.7 Å². The molecule has 3 aromatic rings. The van der Waals surface area contributed by atoms with E-state index in [1.165, 1.54) is 17.4 Å². The van der Waals surface area contributed by atoms with Crippen molar-refractivity contribution in [3.8, 4) is 21.9 Å². The molecule has 0 spiro atoms. The highest BCUT2D eigenvalue weighted by Crippen LogP contribution is 2.34. The molecule has 0 aliphatic carbocycles. The van der Waals surface area contributed by atoms with Crippen LogP contribution in [0.15, 0.2) is 42.6 Å². The van der Waals surface area contributed by atoms with Gasteiger partial charge >= 0.3 is 0 Å². The zero-order valence-corrected chi connectivity index (χ0v) is 14.7. The van der Waals surface area contributed by atoms with Crippen LogP contribution in [0, 0.1) is 5.82 Å². The molecule has 0 unspecified atom stereocenters. The predicted octanol–water partition coefficient (Wildman–Crippen LogP) is 4.62. The fourth-order valence-corrected chi connectivity index (χ4v) is 3.87. The first-order chi connectivity index (χ1) is 12.2. The van der Waals surface area contributed by atoms with Gasteiger partial charge in [-0.1, -0.05) is 23.7 Å². The van der Waals surface area contributed by atoms with Gasteiger partial charge in [-0.15, -0.1) is 11.3 Å². The quantitative estimate of drug-likeness (QED) is 0.705. The van der Waals surface area contributed by atoms with Crippen LogP contribution in [0.4, 0.5) is 4.39 Å². The van der Waals surface area contributed by atoms with Gasteiger partial charge in [0, 0.05) is 24.8 Å². The standard InChI is InChI=1S/C18H14ClFN2O2S/c19-12-2-1-3-13(20)18(12)16-8-22-17(25-16)9-21-7-11-4-5-14-15(6-11)24-10-23-14/h1-6,8,21H,7,9-10H2. The molecule has 1 aromatic heterocycles. The first-order valence-electron chi connectivity index (χ1n) is 7.69. The van der Waals surface area contributed by atoms with Crippen molar-refractivity contribution in [2.45, 2.75) is 13.1 Å². The van der Waals surface area contributed by atoms with E-state index in [9.17, 15) is 4.39 Å². The van der Waals surface area contributed by atoms with Crippen LogP contribution in [-0.2, 0) is 13.1 Å². The number of hydrogen-bond acceptors (Lipinski definition) is 5. The summed E-state index contributed by atoms with van der Waals surface area (Å²) in [5, 5.41) is 4.59. The Labute approximate surface area is 153 Å². The van der Waals surface area contributed by atoms with Crippen molar-refractivity contribution in [3.05, 3.63) is 64.0 Å². The Morgan fingerprint density at radius 1 is 1.16 bits per heavy atom. The van der Waals surface area contributed by atoms with Gasteiger partial charge in [0.05, 0.1) is 9.90 Å². The molecular weight excluding hydrogens is 363 g/mol. The number of halogens is 2. The van der Waals surface area contributed by atoms with Crippen molar-refractivity contribution in [1.29, 1.82) is 0 Å². The first kappa shape index (κ1) is 16.3. The second-order valence-electron chi connectivity index (χ2n) is 5.51. The third kappa shape index (κ3) is 3.46. The molecule has 2 heterocycles. The van der Waals surface area contributed by atoms with Gasteiger partial charge in [0.15, 0.2) is 11.5 Å². The molecule has 1 aliphatic rings. The summed E-state index contributed by atoms with van der Waals surface area (Å²) in [4.78, 5) is 5.07. The number of hydrogen-bond donors (Lipinski definition) is 1. The van der Waals surface area contributed by atoms with Crippen LogP contribution in [0.5, 0.6) is 11.5 Å². The number of benzene rings is 2. The molecule has 0 atom stereocenters. The molecule has 4 nitrogen and oxygen atoms in total. The fraction of sp³-hybridized carbons (Fsp3) is 0.167. The highest BCUT2D eigenvalue weighted by atomic mass is 35.5. The minimum Gasteiger partial charge on any atom is -0.454 e. The molecule has 0 saturated carbocycles. The summed E-state index contributed by atoms with van der Waals surface area (Å²) in [6, 6.07) is 10.5. The number of ether oxygens (including phenoxy) is 2. The Hall–Kier alpha value is -2.15. The summed E-state index contributed by atoms with van der Waals surface area (Å²) in [6.07, 6.45) is 1.66. The Kier molecular flexibility index (Phi) is 4.57. The maximum Gasteiger partial charge on any atom is 0.231 e. The van der Waals surface area contributed by atoms with Crippen LogP contribution >= 0.6 is 22.9 Å². The molecule has 25 heavy (non-hydrogen) atoms. The maximum absolute atomic E-state index is 14.0. The monoisotopic (exact) mass is 376 g/mol. The lowest BCUT2D eigenvalue weighted by molar-refractivity contribution is 0.174. The molecule has 128 valence electrons. The first-order valence-corrected chi connectivity index (χ1v) is 8.88. The van der Waals surface area contributed by atoms with Gasteiger partial charge in [0.1, 0.15) is 10.8 Å². The summed E-state index contributed by atoms with van der Waals surface area (Å²) in [6.45, 7) is 1.53. The van der Waals surface area contributed by atoms with Crippen LogP contribution < -0.4 is 14.8 Å². The number of fused-ring (bicyclic) bond motifs is 1. The number of thiazole rings is 1. The van der Waals surface area contributed by atoms with Gasteiger partial charge in [-0.25, -0.2) is 9.37 Å². The van der Waals surface area contributed by atoms with Crippen molar-refractivity contribution < 1.29 is 13.9 Å². The molecule has 2 aromatic carbocycles. The minimum absolute atomic E-state index is 0.271. The highest BCUT2D eigenvalue weighted by Gasteiger charge is 2.14. The van der Waals surface area contributed by atoms with Crippen LogP contribution in [-0.4, -0.2) is 11.8 Å². The number of aromatic nitrogens is 1. The number of rotatable bonds is 5. The van der Waals surface area contributed by atoms with Crippen LogP contribution in [0.25, 0.3) is 10.4 Å². The van der Waals surface area contributed by atoms with E-state index in [1.807, 2.05) is 18.2 Å². The molecule has 7 heteroatoms. The largest absolute Gasteiger partial charge is 0.454 e. The predicted molar refractivity (Wildman–Crippen MR) is 95.6 cm³/mol. The molecule has 0 amide bonds. The van der Waals surface area contributed by atoms with E-state index < -0.39 is 0 Å². The molecule has 1 N–H and O–H groups in total. The Morgan fingerprint density at radius 2 is 2.04 bits per heavy atom. The van der Waals surface area contributed by atoms with Gasteiger partial charge in [0.2, 0.25) is 6.79 Å². The lowest BCUT2D eigenvalue weighted by atomic mass is 10.2. The Balaban J connectivity index is 1.40. The molecule has 1 aliphatic heterocycles. The van der Waals surface area contributed by atoms with E-state index >= 15 is 0 Å². The third-order valence-electron chi connectivity index (χ3n) is 3.81. The molecule has 0 saturated heterocycles. The number of nitrogens with zero attached hydrogens (tertiary/aromatic N) is 1. The lowest BCUT2D eigenvalue weighted by Crippen LogP contribution is -2.12. The summed E-state index contributed by atoms with van der Waals surface area (Å²) in [5.41, 5.74) is 1.50. The van der Waals surface area contributed by atoms with Crippen LogP contribution in [0.2, 0.25) is 5.02 Å². The zero-order chi connectivity index (χ0) is 17.2. The van der Waals surface area contributed by atoms with Crippen molar-refractivity contribution in [1.82, 2.24) is 10.3 Å². The minimum atomic E-state index is -0.337. The Bertz CT molecular complexity index is 896. The fourth-order valence-electron chi connectivity index (χ4n) is 2.61. The highest BCUT2D eigenvalue weighted by molar-refractivity contribution is 7.15. The number of nitrogens with one attached hydrogen (secondary N) is 1. The molecule has 0 radical (unpaired) electrons. The van der Waals surface area contributed by atoms with Crippen LogP contribution in [0.3, 0.4) is 0 Å². The smallest absolute Gasteiger partial charge is 0.231 e. The maximum atomic E-state index is 14.0. The molecule has 0 bridgehead atoms. The van der Waals surface area contributed by atoms with Crippen molar-refractivity contribution in [2.24, 2.45) is 0 Å². The second kappa shape index (κ2) is 7.00. The van der Waals surface area contributed by atoms with E-state index in [-0.39, 0.29) is 12.6 Å². The average Bonchev–Trinajstić information content (AvgIpc) is 3.24. The van der Waals surface area contributed by atoms with Crippen LogP contribution in [0.1, 0.15) is 10.6 Å². The average molecular weight is 377 g/mol. The van der Waals surface area contributed by atoms with Gasteiger partial charge in [-0.2, -0.15) is 0 Å². The summed E-state index contributed by atoms with van der Waals surface area (Å²) in [7, 11) is 0. The topological polar surface area (TPSA) is 43.4 Å². The van der Waals surface area contributed by atoms with E-state index in [2.05, 4.69) is 10.3 Å². The lowest BCUT2D eigenvalue weighted by Gasteiger charge is -2.04. The summed E-state index contributed by atoms with van der Waals surface area (Å²) >= 11 is 7.53. The van der Waals surface area contributed by atoms with Crippen molar-refractivity contribution in [3.63, 3.8) is 0 Å². The second-order valence-corrected chi connectivity index (χ2v) is 7.03. The van der Waals surface area contributed by atoms with Gasteiger partial charge < -0.3 is 14.8 Å². The Morgan fingerprint density at radius 3 is 2.92 bits per heavy atom. The normalized spacial score (nSPS) is 12.6. The molecule has 4 rings (SSSR count). The summed E-state index contributed by atoms with van der Waals surface area (Å²) < 4.78 is 24.7. The van der Waals surface area contributed by atoms with Gasteiger partial charge in [-0.05, 0) is 29.8 Å². The van der Waals surface area contributed by atoms with E-state index in [0.717, 1.165) is 26.9 Å².